The summed E-state index contributed by atoms with van der Waals surface area (Å²) in [6, 6.07) is 11.6. The average molecular weight is 315 g/mol. The van der Waals surface area contributed by atoms with Crippen molar-refractivity contribution < 1.29 is 9.13 Å². The zero-order chi connectivity index (χ0) is 16.1. The molecule has 0 spiro atoms. The first-order valence-electron chi connectivity index (χ1n) is 7.98. The van der Waals surface area contributed by atoms with Gasteiger partial charge in [-0.25, -0.2) is 4.39 Å². The monoisotopic (exact) mass is 315 g/mol. The molecule has 1 N–H and O–H groups in total. The van der Waals surface area contributed by atoms with E-state index in [9.17, 15) is 4.39 Å². The molecule has 0 saturated carbocycles. The van der Waals surface area contributed by atoms with Crippen LogP contribution in [0, 0.1) is 5.82 Å². The normalized spacial score (nSPS) is 17.0. The maximum atomic E-state index is 13.0. The van der Waals surface area contributed by atoms with Gasteiger partial charge >= 0.3 is 0 Å². The second-order valence-corrected chi connectivity index (χ2v) is 5.86. The lowest BCUT2D eigenvalue weighted by molar-refractivity contribution is 0.0342. The van der Waals surface area contributed by atoms with E-state index in [1.807, 2.05) is 13.0 Å². The molecular formula is C18H22FN3O. The number of anilines is 1. The molecule has 3 rings (SSSR count). The van der Waals surface area contributed by atoms with E-state index in [2.05, 4.69) is 33.4 Å². The van der Waals surface area contributed by atoms with Crippen LogP contribution in [-0.2, 0) is 11.3 Å². The van der Waals surface area contributed by atoms with Crippen molar-refractivity contribution in [2.75, 3.05) is 31.6 Å². The molecule has 23 heavy (non-hydrogen) atoms. The van der Waals surface area contributed by atoms with Gasteiger partial charge in [-0.1, -0.05) is 12.1 Å². The van der Waals surface area contributed by atoms with Crippen molar-refractivity contribution in [1.29, 1.82) is 0 Å². The maximum Gasteiger partial charge on any atom is 0.141 e. The highest BCUT2D eigenvalue weighted by atomic mass is 19.1. The minimum Gasteiger partial charge on any atom is -0.379 e. The molecule has 0 amide bonds. The van der Waals surface area contributed by atoms with Gasteiger partial charge in [-0.2, -0.15) is 0 Å². The number of aromatic nitrogens is 1. The fraction of sp³-hybridized carbons (Fsp3) is 0.389. The number of rotatable bonds is 5. The van der Waals surface area contributed by atoms with Gasteiger partial charge in [0.25, 0.3) is 0 Å². The van der Waals surface area contributed by atoms with Crippen molar-refractivity contribution >= 4 is 5.69 Å². The third-order valence-corrected chi connectivity index (χ3v) is 4.01. The standard InChI is InChI=1S/C18H22FN3O/c1-14(18-6-5-16(19)12-20-18)21-17-4-2-3-15(11-17)13-22-7-9-23-10-8-22/h2-6,11-12,14,21H,7-10,13H2,1H3/t14-/m0/s1. The Bertz CT molecular complexity index is 626. The summed E-state index contributed by atoms with van der Waals surface area (Å²) >= 11 is 0. The lowest BCUT2D eigenvalue weighted by Gasteiger charge is -2.26. The highest BCUT2D eigenvalue weighted by molar-refractivity contribution is 5.47. The number of nitrogens with zero attached hydrogens (tertiary/aromatic N) is 2. The van der Waals surface area contributed by atoms with E-state index in [-0.39, 0.29) is 11.9 Å². The molecule has 1 fully saturated rings. The van der Waals surface area contributed by atoms with Gasteiger partial charge in [0, 0.05) is 25.3 Å². The van der Waals surface area contributed by atoms with Crippen molar-refractivity contribution in [2.24, 2.45) is 0 Å². The Labute approximate surface area is 136 Å². The summed E-state index contributed by atoms with van der Waals surface area (Å²) in [7, 11) is 0. The Kier molecular flexibility index (Phi) is 5.20. The lowest BCUT2D eigenvalue weighted by atomic mass is 10.1. The molecule has 0 aliphatic carbocycles. The summed E-state index contributed by atoms with van der Waals surface area (Å²) < 4.78 is 18.3. The van der Waals surface area contributed by atoms with E-state index in [0.29, 0.717) is 0 Å². The molecule has 2 aromatic rings. The molecule has 1 aliphatic heterocycles. The van der Waals surface area contributed by atoms with Crippen LogP contribution in [0.1, 0.15) is 24.2 Å². The quantitative estimate of drug-likeness (QED) is 0.919. The van der Waals surface area contributed by atoms with Crippen LogP contribution in [0.2, 0.25) is 0 Å². The highest BCUT2D eigenvalue weighted by Gasteiger charge is 2.11. The number of halogens is 1. The van der Waals surface area contributed by atoms with Gasteiger partial charge in [-0.15, -0.1) is 0 Å². The van der Waals surface area contributed by atoms with Crippen LogP contribution in [0.15, 0.2) is 42.6 Å². The van der Waals surface area contributed by atoms with Gasteiger partial charge in [-0.3, -0.25) is 9.88 Å². The highest BCUT2D eigenvalue weighted by Crippen LogP contribution is 2.19. The predicted molar refractivity (Wildman–Crippen MR) is 88.8 cm³/mol. The Morgan fingerprint density at radius 3 is 2.83 bits per heavy atom. The van der Waals surface area contributed by atoms with Gasteiger partial charge in [0.15, 0.2) is 0 Å². The molecule has 1 aliphatic rings. The number of ether oxygens (including phenoxy) is 1. The fourth-order valence-corrected chi connectivity index (χ4v) is 2.74. The molecule has 1 aromatic carbocycles. The largest absolute Gasteiger partial charge is 0.379 e. The van der Waals surface area contributed by atoms with E-state index in [1.54, 1.807) is 6.07 Å². The Balaban J connectivity index is 1.63. The fourth-order valence-electron chi connectivity index (χ4n) is 2.74. The van der Waals surface area contributed by atoms with Gasteiger partial charge < -0.3 is 10.1 Å². The van der Waals surface area contributed by atoms with E-state index in [1.165, 1.54) is 17.8 Å². The van der Waals surface area contributed by atoms with E-state index in [4.69, 9.17) is 4.74 Å². The summed E-state index contributed by atoms with van der Waals surface area (Å²) in [5.74, 6) is -0.312. The maximum absolute atomic E-state index is 13.0. The lowest BCUT2D eigenvalue weighted by Crippen LogP contribution is -2.35. The smallest absolute Gasteiger partial charge is 0.141 e. The zero-order valence-corrected chi connectivity index (χ0v) is 13.3. The van der Waals surface area contributed by atoms with Crippen molar-refractivity contribution in [2.45, 2.75) is 19.5 Å². The minimum absolute atomic E-state index is 0.0224. The third-order valence-electron chi connectivity index (χ3n) is 4.01. The first-order valence-corrected chi connectivity index (χ1v) is 7.98. The molecular weight excluding hydrogens is 293 g/mol. The number of hydrogen-bond acceptors (Lipinski definition) is 4. The van der Waals surface area contributed by atoms with Crippen LogP contribution in [0.3, 0.4) is 0 Å². The van der Waals surface area contributed by atoms with E-state index >= 15 is 0 Å². The second-order valence-electron chi connectivity index (χ2n) is 5.86. The SMILES string of the molecule is C[C@H](Nc1cccc(CN2CCOCC2)c1)c1ccc(F)cn1. The third kappa shape index (κ3) is 4.50. The van der Waals surface area contributed by atoms with Gasteiger partial charge in [0.1, 0.15) is 5.82 Å². The molecule has 0 bridgehead atoms. The van der Waals surface area contributed by atoms with Crippen molar-refractivity contribution in [3.8, 4) is 0 Å². The van der Waals surface area contributed by atoms with Crippen LogP contribution < -0.4 is 5.32 Å². The van der Waals surface area contributed by atoms with Crippen LogP contribution in [0.25, 0.3) is 0 Å². The molecule has 0 unspecified atom stereocenters. The van der Waals surface area contributed by atoms with Gasteiger partial charge in [-0.05, 0) is 36.8 Å². The molecule has 4 nitrogen and oxygen atoms in total. The second kappa shape index (κ2) is 7.53. The summed E-state index contributed by atoms with van der Waals surface area (Å²) in [5, 5.41) is 3.43. The molecule has 0 radical (unpaired) electrons. The molecule has 5 heteroatoms. The first-order chi connectivity index (χ1) is 11.2. The first kappa shape index (κ1) is 15.9. The van der Waals surface area contributed by atoms with E-state index < -0.39 is 0 Å². The molecule has 1 saturated heterocycles. The van der Waals surface area contributed by atoms with E-state index in [0.717, 1.165) is 44.2 Å². The van der Waals surface area contributed by atoms with Crippen molar-refractivity contribution in [3.63, 3.8) is 0 Å². The van der Waals surface area contributed by atoms with Crippen LogP contribution in [0.4, 0.5) is 10.1 Å². The molecule has 1 atom stereocenters. The number of pyridine rings is 1. The van der Waals surface area contributed by atoms with Gasteiger partial charge in [0.05, 0.1) is 31.1 Å². The summed E-state index contributed by atoms with van der Waals surface area (Å²) in [6.07, 6.45) is 1.25. The van der Waals surface area contributed by atoms with Gasteiger partial charge in [0.2, 0.25) is 0 Å². The zero-order valence-electron chi connectivity index (χ0n) is 13.3. The minimum atomic E-state index is -0.312. The van der Waals surface area contributed by atoms with Crippen molar-refractivity contribution in [1.82, 2.24) is 9.88 Å². The summed E-state index contributed by atoms with van der Waals surface area (Å²) in [5.41, 5.74) is 3.15. The van der Waals surface area contributed by atoms with Crippen LogP contribution >= 0.6 is 0 Å². The summed E-state index contributed by atoms with van der Waals surface area (Å²) in [6.45, 7) is 6.54. The molecule has 2 heterocycles. The molecule has 122 valence electrons. The average Bonchev–Trinajstić information content (AvgIpc) is 2.57. The van der Waals surface area contributed by atoms with Crippen molar-refractivity contribution in [3.05, 3.63) is 59.7 Å². The van der Waals surface area contributed by atoms with Crippen LogP contribution in [0.5, 0.6) is 0 Å². The Morgan fingerprint density at radius 2 is 2.09 bits per heavy atom. The Morgan fingerprint density at radius 1 is 1.26 bits per heavy atom. The molecule has 1 aromatic heterocycles. The predicted octanol–water partition coefficient (Wildman–Crippen LogP) is 3.23. The Hall–Kier alpha value is -1.98. The number of nitrogens with one attached hydrogen (secondary N) is 1. The summed E-state index contributed by atoms with van der Waals surface area (Å²) in [4.78, 5) is 6.53. The number of morpholine rings is 1. The topological polar surface area (TPSA) is 37.4 Å². The number of benzene rings is 1. The van der Waals surface area contributed by atoms with Crippen LogP contribution in [-0.4, -0.2) is 36.2 Å². The number of hydrogen-bond donors (Lipinski definition) is 1.